The molecular formula is C32H33N5O4S. The number of aromatic nitrogens is 2. The molecule has 0 spiro atoms. The van der Waals surface area contributed by atoms with Crippen molar-refractivity contribution in [2.24, 2.45) is 0 Å². The van der Waals surface area contributed by atoms with Crippen LogP contribution >= 0.6 is 11.8 Å². The Bertz CT molecular complexity index is 1540. The SMILES string of the molecule is Cc1cc(C)nc(SCC(=O)N(Cc2ccccc2)C(C(=O)Nc2ccc(N(C)C)cc2)c2ccc3c(c2)OCO3)n1. The molecule has 2 heterocycles. The molecule has 5 rings (SSSR count). The first kappa shape index (κ1) is 28.9. The van der Waals surface area contributed by atoms with E-state index in [1.165, 1.54) is 11.8 Å². The number of aryl methyl sites for hydroxylation is 2. The van der Waals surface area contributed by atoms with E-state index in [9.17, 15) is 9.59 Å². The van der Waals surface area contributed by atoms with Gasteiger partial charge in [-0.3, -0.25) is 9.59 Å². The van der Waals surface area contributed by atoms with Crippen LogP contribution in [0.4, 0.5) is 11.4 Å². The van der Waals surface area contributed by atoms with Crippen molar-refractivity contribution in [3.05, 3.63) is 101 Å². The van der Waals surface area contributed by atoms with E-state index in [0.29, 0.717) is 27.9 Å². The highest BCUT2D eigenvalue weighted by Gasteiger charge is 2.33. The van der Waals surface area contributed by atoms with Crippen molar-refractivity contribution in [1.29, 1.82) is 0 Å². The normalized spacial score (nSPS) is 12.5. The van der Waals surface area contributed by atoms with Gasteiger partial charge >= 0.3 is 0 Å². The quantitative estimate of drug-likeness (QED) is 0.196. The number of carbonyl (C=O) groups is 2. The van der Waals surface area contributed by atoms with Crippen LogP contribution in [0.1, 0.15) is 28.6 Å². The van der Waals surface area contributed by atoms with Crippen LogP contribution in [-0.4, -0.2) is 53.3 Å². The van der Waals surface area contributed by atoms with Crippen LogP contribution in [0, 0.1) is 13.8 Å². The number of anilines is 2. The molecular weight excluding hydrogens is 550 g/mol. The minimum Gasteiger partial charge on any atom is -0.454 e. The fourth-order valence-electron chi connectivity index (χ4n) is 4.68. The molecule has 0 bridgehead atoms. The van der Waals surface area contributed by atoms with Gasteiger partial charge in [-0.1, -0.05) is 48.2 Å². The molecule has 0 fully saturated rings. The van der Waals surface area contributed by atoms with Gasteiger partial charge in [0.05, 0.1) is 5.75 Å². The average Bonchev–Trinajstić information content (AvgIpc) is 3.44. The number of nitrogens with one attached hydrogen (secondary N) is 1. The van der Waals surface area contributed by atoms with Crippen LogP contribution in [0.3, 0.4) is 0 Å². The van der Waals surface area contributed by atoms with E-state index in [2.05, 4.69) is 15.3 Å². The molecule has 42 heavy (non-hydrogen) atoms. The standard InChI is InChI=1S/C32H33N5O4S/c1-21-16-22(2)34-32(33-21)42-19-29(38)37(18-23-8-6-5-7-9-23)30(24-10-15-27-28(17-24)41-20-40-27)31(39)35-25-11-13-26(14-12-25)36(3)4/h5-17,30H,18-20H2,1-4H3,(H,35,39). The Kier molecular flexibility index (Phi) is 8.92. The fraction of sp³-hybridized carbons (Fsp3) is 0.250. The van der Waals surface area contributed by atoms with Gasteiger partial charge in [0, 0.05) is 43.4 Å². The van der Waals surface area contributed by atoms with Crippen molar-refractivity contribution in [3.63, 3.8) is 0 Å². The van der Waals surface area contributed by atoms with Crippen LogP contribution in [0.2, 0.25) is 0 Å². The Hall–Kier alpha value is -4.57. The summed E-state index contributed by atoms with van der Waals surface area (Å²) >= 11 is 1.25. The predicted octanol–water partition coefficient (Wildman–Crippen LogP) is 5.39. The highest BCUT2D eigenvalue weighted by molar-refractivity contribution is 7.99. The van der Waals surface area contributed by atoms with Crippen molar-refractivity contribution in [1.82, 2.24) is 14.9 Å². The summed E-state index contributed by atoms with van der Waals surface area (Å²) < 4.78 is 11.1. The van der Waals surface area contributed by atoms with Gasteiger partial charge in [-0.25, -0.2) is 9.97 Å². The summed E-state index contributed by atoms with van der Waals surface area (Å²) in [6.07, 6.45) is 0. The molecule has 1 aliphatic heterocycles. The van der Waals surface area contributed by atoms with Crippen molar-refractivity contribution in [2.45, 2.75) is 31.6 Å². The van der Waals surface area contributed by atoms with E-state index in [1.807, 2.05) is 93.5 Å². The molecule has 0 aliphatic carbocycles. The van der Waals surface area contributed by atoms with E-state index >= 15 is 0 Å². The molecule has 1 N–H and O–H groups in total. The molecule has 1 aliphatic rings. The van der Waals surface area contributed by atoms with Gasteiger partial charge in [0.2, 0.25) is 12.7 Å². The minimum atomic E-state index is -0.957. The van der Waals surface area contributed by atoms with Crippen LogP contribution in [0.5, 0.6) is 11.5 Å². The summed E-state index contributed by atoms with van der Waals surface area (Å²) in [4.78, 5) is 40.7. The van der Waals surface area contributed by atoms with Gasteiger partial charge in [-0.2, -0.15) is 0 Å². The van der Waals surface area contributed by atoms with E-state index in [-0.39, 0.29) is 30.9 Å². The Morgan fingerprint density at radius 2 is 1.60 bits per heavy atom. The lowest BCUT2D eigenvalue weighted by atomic mass is 10.0. The lowest BCUT2D eigenvalue weighted by Gasteiger charge is -2.31. The van der Waals surface area contributed by atoms with Crippen molar-refractivity contribution < 1.29 is 19.1 Å². The third kappa shape index (κ3) is 7.01. The Morgan fingerprint density at radius 1 is 0.905 bits per heavy atom. The van der Waals surface area contributed by atoms with Crippen LogP contribution in [0.15, 0.2) is 84.0 Å². The number of thioether (sulfide) groups is 1. The zero-order valence-electron chi connectivity index (χ0n) is 24.0. The summed E-state index contributed by atoms with van der Waals surface area (Å²) in [6, 6.07) is 23.5. The van der Waals surface area contributed by atoms with Gasteiger partial charge in [0.15, 0.2) is 16.7 Å². The lowest BCUT2D eigenvalue weighted by Crippen LogP contribution is -2.41. The molecule has 1 aromatic heterocycles. The molecule has 4 aromatic rings. The van der Waals surface area contributed by atoms with Gasteiger partial charge in [-0.15, -0.1) is 0 Å². The molecule has 9 nitrogen and oxygen atoms in total. The third-order valence-electron chi connectivity index (χ3n) is 6.73. The lowest BCUT2D eigenvalue weighted by molar-refractivity contribution is -0.137. The van der Waals surface area contributed by atoms with Crippen molar-refractivity contribution >= 4 is 35.0 Å². The number of hydrogen-bond acceptors (Lipinski definition) is 8. The number of carbonyl (C=O) groups excluding carboxylic acids is 2. The first-order valence-corrected chi connectivity index (χ1v) is 14.5. The van der Waals surface area contributed by atoms with E-state index in [4.69, 9.17) is 9.47 Å². The minimum absolute atomic E-state index is 0.0571. The molecule has 3 aromatic carbocycles. The second kappa shape index (κ2) is 12.9. The zero-order valence-corrected chi connectivity index (χ0v) is 24.9. The number of nitrogens with zero attached hydrogens (tertiary/aromatic N) is 4. The van der Waals surface area contributed by atoms with Gasteiger partial charge in [-0.05, 0) is 67.4 Å². The molecule has 0 radical (unpaired) electrons. The monoisotopic (exact) mass is 583 g/mol. The Labute approximate surface area is 249 Å². The first-order valence-electron chi connectivity index (χ1n) is 13.5. The smallest absolute Gasteiger partial charge is 0.251 e. The number of rotatable bonds is 10. The summed E-state index contributed by atoms with van der Waals surface area (Å²) in [5, 5.41) is 3.55. The molecule has 10 heteroatoms. The number of amides is 2. The van der Waals surface area contributed by atoms with Crippen LogP contribution in [0.25, 0.3) is 0 Å². The maximum Gasteiger partial charge on any atom is 0.251 e. The van der Waals surface area contributed by atoms with Crippen molar-refractivity contribution in [3.8, 4) is 11.5 Å². The van der Waals surface area contributed by atoms with Crippen LogP contribution < -0.4 is 19.7 Å². The third-order valence-corrected chi connectivity index (χ3v) is 7.56. The van der Waals surface area contributed by atoms with Crippen LogP contribution in [-0.2, 0) is 16.1 Å². The highest BCUT2D eigenvalue weighted by Crippen LogP contribution is 2.37. The van der Waals surface area contributed by atoms with Gasteiger partial charge in [0.1, 0.15) is 6.04 Å². The Morgan fingerprint density at radius 3 is 2.29 bits per heavy atom. The Balaban J connectivity index is 1.50. The summed E-state index contributed by atoms with van der Waals surface area (Å²) in [6.45, 7) is 4.12. The number of hydrogen-bond donors (Lipinski definition) is 1. The molecule has 2 amide bonds. The molecule has 216 valence electrons. The van der Waals surface area contributed by atoms with E-state index in [1.54, 1.807) is 23.1 Å². The molecule has 1 unspecified atom stereocenters. The van der Waals surface area contributed by atoms with Gasteiger partial charge in [0.25, 0.3) is 5.91 Å². The largest absolute Gasteiger partial charge is 0.454 e. The highest BCUT2D eigenvalue weighted by atomic mass is 32.2. The number of ether oxygens (including phenoxy) is 2. The number of benzene rings is 3. The summed E-state index contributed by atoms with van der Waals surface area (Å²) in [5.41, 5.74) is 4.80. The maximum atomic E-state index is 14.1. The summed E-state index contributed by atoms with van der Waals surface area (Å²) in [5.74, 6) is 0.615. The summed E-state index contributed by atoms with van der Waals surface area (Å²) in [7, 11) is 3.91. The average molecular weight is 584 g/mol. The molecule has 0 saturated carbocycles. The van der Waals surface area contributed by atoms with Crippen molar-refractivity contribution in [2.75, 3.05) is 36.9 Å². The van der Waals surface area contributed by atoms with E-state index in [0.717, 1.165) is 22.6 Å². The molecule has 1 atom stereocenters. The predicted molar refractivity (Wildman–Crippen MR) is 164 cm³/mol. The zero-order chi connectivity index (χ0) is 29.6. The van der Waals surface area contributed by atoms with Gasteiger partial charge < -0.3 is 24.6 Å². The fourth-order valence-corrected chi connectivity index (χ4v) is 5.52. The maximum absolute atomic E-state index is 14.1. The number of fused-ring (bicyclic) bond motifs is 1. The molecule has 0 saturated heterocycles. The van der Waals surface area contributed by atoms with E-state index < -0.39 is 6.04 Å². The first-order chi connectivity index (χ1) is 20.3. The second-order valence-electron chi connectivity index (χ2n) is 10.2. The topological polar surface area (TPSA) is 96.9 Å². The second-order valence-corrected chi connectivity index (χ2v) is 11.1.